The van der Waals surface area contributed by atoms with E-state index in [9.17, 15) is 0 Å². The molecule has 1 aromatic rings. The van der Waals surface area contributed by atoms with Crippen LogP contribution < -0.4 is 5.32 Å². The van der Waals surface area contributed by atoms with Crippen LogP contribution in [0.2, 0.25) is 0 Å². The topological polar surface area (TPSA) is 42.7 Å². The molecule has 1 fully saturated rings. The molecule has 1 saturated carbocycles. The molecular weight excluding hydrogens is 232 g/mol. The first-order valence-electron chi connectivity index (χ1n) is 6.46. The van der Waals surface area contributed by atoms with Crippen molar-refractivity contribution in [1.82, 2.24) is 20.1 Å². The predicted octanol–water partition coefficient (Wildman–Crippen LogP) is 2.14. The van der Waals surface area contributed by atoms with Gasteiger partial charge in [0, 0.05) is 18.3 Å². The fourth-order valence-electron chi connectivity index (χ4n) is 2.37. The minimum atomic E-state index is 0.690. The largest absolute Gasteiger partial charge is 0.314 e. The number of rotatable bonds is 4. The van der Waals surface area contributed by atoms with Crippen LogP contribution in [0, 0.1) is 6.92 Å². The number of aryl methyl sites for hydroxylation is 1. The summed E-state index contributed by atoms with van der Waals surface area (Å²) in [6, 6.07) is 0.695. The maximum Gasteiger partial charge on any atom is 0.191 e. The van der Waals surface area contributed by atoms with Crippen LogP contribution in [-0.2, 0) is 7.05 Å². The normalized spacial score (nSPS) is 25.1. The van der Waals surface area contributed by atoms with Crippen LogP contribution in [0.4, 0.5) is 0 Å². The molecule has 2 unspecified atom stereocenters. The number of thioether (sulfide) groups is 1. The maximum absolute atomic E-state index is 4.24. The first-order valence-corrected chi connectivity index (χ1v) is 7.34. The Kier molecular flexibility index (Phi) is 4.45. The van der Waals surface area contributed by atoms with Gasteiger partial charge >= 0.3 is 0 Å². The molecule has 1 aliphatic rings. The van der Waals surface area contributed by atoms with Crippen LogP contribution in [0.5, 0.6) is 0 Å². The zero-order valence-corrected chi connectivity index (χ0v) is 11.8. The molecule has 0 aliphatic heterocycles. The van der Waals surface area contributed by atoms with Gasteiger partial charge in [0.05, 0.1) is 0 Å². The van der Waals surface area contributed by atoms with Crippen molar-refractivity contribution in [3.63, 3.8) is 0 Å². The highest BCUT2D eigenvalue weighted by Crippen LogP contribution is 2.32. The van der Waals surface area contributed by atoms with Gasteiger partial charge in [-0.15, -0.1) is 10.2 Å². The summed E-state index contributed by atoms with van der Waals surface area (Å²) in [7, 11) is 2.04. The molecule has 96 valence electrons. The second-order valence-corrected chi connectivity index (χ2v) is 6.02. The molecule has 17 heavy (non-hydrogen) atoms. The zero-order valence-electron chi connectivity index (χ0n) is 10.9. The van der Waals surface area contributed by atoms with E-state index in [1.807, 2.05) is 25.7 Å². The number of hydrogen-bond acceptors (Lipinski definition) is 4. The molecule has 1 N–H and O–H groups in total. The molecule has 0 bridgehead atoms. The van der Waals surface area contributed by atoms with Crippen molar-refractivity contribution in [2.24, 2.45) is 7.05 Å². The molecule has 1 aliphatic carbocycles. The Morgan fingerprint density at radius 2 is 2.24 bits per heavy atom. The molecule has 1 aromatic heterocycles. The van der Waals surface area contributed by atoms with E-state index in [1.165, 1.54) is 25.7 Å². The number of aromatic nitrogens is 3. The summed E-state index contributed by atoms with van der Waals surface area (Å²) in [4.78, 5) is 0. The van der Waals surface area contributed by atoms with Crippen molar-refractivity contribution in [1.29, 1.82) is 0 Å². The number of nitrogens with zero attached hydrogens (tertiary/aromatic N) is 3. The van der Waals surface area contributed by atoms with E-state index in [-0.39, 0.29) is 0 Å². The Morgan fingerprint density at radius 1 is 1.41 bits per heavy atom. The number of hydrogen-bond donors (Lipinski definition) is 1. The highest BCUT2D eigenvalue weighted by atomic mass is 32.2. The zero-order chi connectivity index (χ0) is 12.3. The molecule has 2 atom stereocenters. The molecule has 0 radical (unpaired) electrons. The quantitative estimate of drug-likeness (QED) is 0.894. The van der Waals surface area contributed by atoms with Crippen molar-refractivity contribution in [2.75, 3.05) is 6.54 Å². The lowest BCUT2D eigenvalue weighted by molar-refractivity contribution is 0.387. The van der Waals surface area contributed by atoms with E-state index in [1.54, 1.807) is 0 Å². The van der Waals surface area contributed by atoms with Gasteiger partial charge in [0.15, 0.2) is 5.16 Å². The first-order chi connectivity index (χ1) is 8.20. The molecule has 0 aromatic carbocycles. The van der Waals surface area contributed by atoms with Gasteiger partial charge in [-0.3, -0.25) is 0 Å². The SMILES string of the molecule is CCNC1CCCC(Sc2nnc(C)n2C)C1. The van der Waals surface area contributed by atoms with Gasteiger partial charge in [0.2, 0.25) is 0 Å². The summed E-state index contributed by atoms with van der Waals surface area (Å²) in [5.74, 6) is 0.992. The summed E-state index contributed by atoms with van der Waals surface area (Å²) >= 11 is 1.89. The van der Waals surface area contributed by atoms with Crippen molar-refractivity contribution in [2.45, 2.75) is 56.0 Å². The summed E-state index contributed by atoms with van der Waals surface area (Å²) in [5, 5.41) is 13.7. The Balaban J connectivity index is 1.92. The molecule has 2 rings (SSSR count). The van der Waals surface area contributed by atoms with Gasteiger partial charge in [-0.25, -0.2) is 0 Å². The lowest BCUT2D eigenvalue weighted by Gasteiger charge is -2.28. The van der Waals surface area contributed by atoms with E-state index >= 15 is 0 Å². The van der Waals surface area contributed by atoms with Crippen molar-refractivity contribution >= 4 is 11.8 Å². The minimum Gasteiger partial charge on any atom is -0.314 e. The van der Waals surface area contributed by atoms with Crippen LogP contribution in [0.1, 0.15) is 38.4 Å². The molecule has 1 heterocycles. The van der Waals surface area contributed by atoms with Crippen molar-refractivity contribution in [3.05, 3.63) is 5.82 Å². The van der Waals surface area contributed by atoms with Gasteiger partial charge in [0.25, 0.3) is 0 Å². The lowest BCUT2D eigenvalue weighted by Crippen LogP contribution is -2.34. The van der Waals surface area contributed by atoms with Gasteiger partial charge in [-0.1, -0.05) is 25.1 Å². The van der Waals surface area contributed by atoms with E-state index in [0.29, 0.717) is 11.3 Å². The average Bonchev–Trinajstić information content (AvgIpc) is 2.62. The van der Waals surface area contributed by atoms with Crippen molar-refractivity contribution < 1.29 is 0 Å². The van der Waals surface area contributed by atoms with E-state index in [4.69, 9.17) is 0 Å². The summed E-state index contributed by atoms with van der Waals surface area (Å²) < 4.78 is 2.08. The molecule has 0 amide bonds. The smallest absolute Gasteiger partial charge is 0.191 e. The summed E-state index contributed by atoms with van der Waals surface area (Å²) in [6.45, 7) is 5.26. The molecule has 0 spiro atoms. The Bertz CT molecular complexity index is 361. The third-order valence-electron chi connectivity index (χ3n) is 3.44. The van der Waals surface area contributed by atoms with Gasteiger partial charge in [-0.05, 0) is 32.7 Å². The monoisotopic (exact) mass is 254 g/mol. The molecular formula is C12H22N4S. The van der Waals surface area contributed by atoms with Crippen LogP contribution in [0.25, 0.3) is 0 Å². The second kappa shape index (κ2) is 5.87. The van der Waals surface area contributed by atoms with E-state index < -0.39 is 0 Å². The van der Waals surface area contributed by atoms with Crippen LogP contribution in [0.3, 0.4) is 0 Å². The Labute approximate surface area is 108 Å². The Morgan fingerprint density at radius 3 is 2.88 bits per heavy atom. The second-order valence-electron chi connectivity index (χ2n) is 4.75. The fourth-order valence-corrected chi connectivity index (χ4v) is 3.65. The standard InChI is InChI=1S/C12H22N4S/c1-4-13-10-6-5-7-11(8-10)17-12-15-14-9(2)16(12)3/h10-11,13H,4-8H2,1-3H3. The summed E-state index contributed by atoms with van der Waals surface area (Å²) in [5.41, 5.74) is 0. The fraction of sp³-hybridized carbons (Fsp3) is 0.833. The number of nitrogens with one attached hydrogen (secondary N) is 1. The summed E-state index contributed by atoms with van der Waals surface area (Å²) in [6.07, 6.45) is 5.21. The molecule has 5 heteroatoms. The Hall–Kier alpha value is -0.550. The van der Waals surface area contributed by atoms with Gasteiger partial charge in [0.1, 0.15) is 5.82 Å². The molecule has 0 saturated heterocycles. The highest BCUT2D eigenvalue weighted by molar-refractivity contribution is 7.99. The van der Waals surface area contributed by atoms with Crippen molar-refractivity contribution in [3.8, 4) is 0 Å². The van der Waals surface area contributed by atoms with Gasteiger partial charge < -0.3 is 9.88 Å². The molecule has 4 nitrogen and oxygen atoms in total. The van der Waals surface area contributed by atoms with Crippen LogP contribution in [-0.4, -0.2) is 32.6 Å². The first kappa shape index (κ1) is 12.9. The van der Waals surface area contributed by atoms with Gasteiger partial charge in [-0.2, -0.15) is 0 Å². The minimum absolute atomic E-state index is 0.690. The van der Waals surface area contributed by atoms with Crippen LogP contribution in [0.15, 0.2) is 5.16 Å². The third kappa shape index (κ3) is 3.22. The predicted molar refractivity (Wildman–Crippen MR) is 71.3 cm³/mol. The third-order valence-corrected chi connectivity index (χ3v) is 4.77. The lowest BCUT2D eigenvalue weighted by atomic mass is 9.95. The maximum atomic E-state index is 4.24. The average molecular weight is 254 g/mol. The van der Waals surface area contributed by atoms with E-state index in [2.05, 4.69) is 27.0 Å². The highest BCUT2D eigenvalue weighted by Gasteiger charge is 2.23. The van der Waals surface area contributed by atoms with E-state index in [0.717, 1.165) is 17.5 Å². The van der Waals surface area contributed by atoms with Crippen LogP contribution >= 0.6 is 11.8 Å².